The van der Waals surface area contributed by atoms with Crippen LogP contribution in [0.2, 0.25) is 0 Å². The summed E-state index contributed by atoms with van der Waals surface area (Å²) in [4.78, 5) is 25.3. The summed E-state index contributed by atoms with van der Waals surface area (Å²) in [5.74, 6) is -0.0655. The van der Waals surface area contributed by atoms with E-state index in [4.69, 9.17) is 23.7 Å². The second-order valence-electron chi connectivity index (χ2n) is 11.8. The molecule has 0 fully saturated rings. The van der Waals surface area contributed by atoms with Crippen molar-refractivity contribution in [1.82, 2.24) is 16.0 Å². The van der Waals surface area contributed by atoms with Crippen LogP contribution in [0.4, 0.5) is 4.79 Å². The first-order chi connectivity index (χ1) is 20.7. The number of alkyl carbamates (subject to hydrolysis) is 1. The van der Waals surface area contributed by atoms with Crippen LogP contribution >= 0.6 is 0 Å². The van der Waals surface area contributed by atoms with E-state index >= 15 is 0 Å². The van der Waals surface area contributed by atoms with Gasteiger partial charge in [0.1, 0.15) is 5.60 Å². The molecule has 0 aromatic heterocycles. The first-order valence-corrected chi connectivity index (χ1v) is 15.9. The smallest absolute Gasteiger partial charge is 0.407 e. The molecule has 2 atom stereocenters. The second kappa shape index (κ2) is 25.1. The van der Waals surface area contributed by atoms with Gasteiger partial charge in [-0.3, -0.25) is 4.79 Å². The van der Waals surface area contributed by atoms with Gasteiger partial charge in [0, 0.05) is 60.3 Å². The number of rotatable bonds is 26. The molecule has 0 aliphatic rings. The second-order valence-corrected chi connectivity index (χ2v) is 11.8. The van der Waals surface area contributed by atoms with Crippen molar-refractivity contribution in [2.75, 3.05) is 60.3 Å². The SMILES string of the molecule is COCCCCCOCC(CNC(=O)[C@H](CCCCNC(=O)OC(C)(C)C)NCc1ccccc1)OCCCCCOC. The van der Waals surface area contributed by atoms with E-state index < -0.39 is 11.7 Å². The summed E-state index contributed by atoms with van der Waals surface area (Å²) in [5.41, 5.74) is 0.579. The van der Waals surface area contributed by atoms with E-state index in [0.717, 1.165) is 70.1 Å². The van der Waals surface area contributed by atoms with Gasteiger partial charge in [0.2, 0.25) is 5.91 Å². The zero-order chi connectivity index (χ0) is 31.6. The van der Waals surface area contributed by atoms with Gasteiger partial charge in [-0.1, -0.05) is 30.3 Å². The van der Waals surface area contributed by atoms with Crippen LogP contribution in [0.5, 0.6) is 0 Å². The Balaban J connectivity index is 2.61. The van der Waals surface area contributed by atoms with Crippen LogP contribution in [0, 0.1) is 0 Å². The molecule has 0 aliphatic carbocycles. The lowest BCUT2D eigenvalue weighted by molar-refractivity contribution is -0.124. The number of hydrogen-bond donors (Lipinski definition) is 3. The van der Waals surface area contributed by atoms with E-state index in [0.29, 0.717) is 45.9 Å². The number of amides is 2. The lowest BCUT2D eigenvalue weighted by Gasteiger charge is -2.22. The molecule has 0 heterocycles. The van der Waals surface area contributed by atoms with E-state index in [1.165, 1.54) is 0 Å². The van der Waals surface area contributed by atoms with Crippen molar-refractivity contribution in [3.05, 3.63) is 35.9 Å². The molecule has 1 aromatic rings. The number of unbranched alkanes of at least 4 members (excludes halogenated alkanes) is 5. The standard InChI is InChI=1S/C33H59N3O7/c1-33(2,3)43-32(38)34-20-12-11-19-30(35-25-28-17-9-6-10-18-28)31(37)36-26-29(42-24-16-8-14-22-40-5)27-41-23-15-7-13-21-39-4/h6,9-10,17-18,29-30,35H,7-8,11-16,19-27H2,1-5H3,(H,34,38)(H,36,37)/t29?,30-/m0/s1. The maximum atomic E-state index is 13.3. The molecule has 0 saturated heterocycles. The molecule has 10 heteroatoms. The molecule has 10 nitrogen and oxygen atoms in total. The molecule has 3 N–H and O–H groups in total. The predicted octanol–water partition coefficient (Wildman–Crippen LogP) is 4.99. The Morgan fingerprint density at radius 2 is 1.44 bits per heavy atom. The molecule has 0 bridgehead atoms. The fourth-order valence-corrected chi connectivity index (χ4v) is 4.26. The quantitative estimate of drug-likeness (QED) is 0.126. The molecule has 43 heavy (non-hydrogen) atoms. The minimum absolute atomic E-state index is 0.0655. The first-order valence-electron chi connectivity index (χ1n) is 15.9. The van der Waals surface area contributed by atoms with Crippen LogP contribution in [0.15, 0.2) is 30.3 Å². The lowest BCUT2D eigenvalue weighted by atomic mass is 10.1. The van der Waals surface area contributed by atoms with Gasteiger partial charge in [-0.2, -0.15) is 0 Å². The molecule has 1 unspecified atom stereocenters. The Hall–Kier alpha value is -2.24. The molecule has 2 amide bonds. The van der Waals surface area contributed by atoms with E-state index in [2.05, 4.69) is 16.0 Å². The Kier molecular flexibility index (Phi) is 22.7. The van der Waals surface area contributed by atoms with Gasteiger partial charge in [0.05, 0.1) is 18.8 Å². The number of methoxy groups -OCH3 is 2. The van der Waals surface area contributed by atoms with Crippen molar-refractivity contribution in [2.45, 2.75) is 103 Å². The van der Waals surface area contributed by atoms with Crippen molar-refractivity contribution in [2.24, 2.45) is 0 Å². The molecule has 248 valence electrons. The fraction of sp³-hybridized carbons (Fsp3) is 0.758. The van der Waals surface area contributed by atoms with Crippen LogP contribution in [-0.2, 0) is 35.0 Å². The Morgan fingerprint density at radius 3 is 2.09 bits per heavy atom. The maximum Gasteiger partial charge on any atom is 0.407 e. The molecule has 0 saturated carbocycles. The van der Waals surface area contributed by atoms with Crippen molar-refractivity contribution < 1.29 is 33.3 Å². The monoisotopic (exact) mass is 609 g/mol. The third-order valence-corrected chi connectivity index (χ3v) is 6.59. The summed E-state index contributed by atoms with van der Waals surface area (Å²) in [6, 6.07) is 9.65. The molecule has 0 aliphatic heterocycles. The minimum atomic E-state index is -0.532. The number of hydrogen-bond acceptors (Lipinski definition) is 8. The molecule has 1 aromatic carbocycles. The largest absolute Gasteiger partial charge is 0.444 e. The molecular weight excluding hydrogens is 550 g/mol. The summed E-state index contributed by atoms with van der Waals surface area (Å²) in [6.07, 6.45) is 7.50. The normalized spacial score (nSPS) is 13.0. The zero-order valence-corrected chi connectivity index (χ0v) is 27.4. The summed E-state index contributed by atoms with van der Waals surface area (Å²) in [7, 11) is 3.43. The van der Waals surface area contributed by atoms with Crippen LogP contribution in [0.25, 0.3) is 0 Å². The third-order valence-electron chi connectivity index (χ3n) is 6.59. The number of carbonyl (C=O) groups is 2. The number of nitrogens with one attached hydrogen (secondary N) is 3. The molecule has 0 radical (unpaired) electrons. The molecular formula is C33H59N3O7. The number of ether oxygens (including phenoxy) is 5. The highest BCUT2D eigenvalue weighted by molar-refractivity contribution is 5.81. The van der Waals surface area contributed by atoms with Gasteiger partial charge in [0.15, 0.2) is 0 Å². The molecule has 1 rings (SSSR count). The van der Waals surface area contributed by atoms with Gasteiger partial charge < -0.3 is 39.6 Å². The van der Waals surface area contributed by atoms with E-state index in [-0.39, 0.29) is 18.1 Å². The van der Waals surface area contributed by atoms with Crippen molar-refractivity contribution >= 4 is 12.0 Å². The first kappa shape index (κ1) is 38.8. The van der Waals surface area contributed by atoms with Crippen LogP contribution in [-0.4, -0.2) is 90.1 Å². The summed E-state index contributed by atoms with van der Waals surface area (Å²) in [5, 5.41) is 9.31. The average Bonchev–Trinajstić information content (AvgIpc) is 2.97. The number of benzene rings is 1. The summed E-state index contributed by atoms with van der Waals surface area (Å²) in [6.45, 7) is 10.2. The van der Waals surface area contributed by atoms with E-state index in [9.17, 15) is 9.59 Å². The van der Waals surface area contributed by atoms with Crippen molar-refractivity contribution in [3.8, 4) is 0 Å². The number of carbonyl (C=O) groups excluding carboxylic acids is 2. The van der Waals surface area contributed by atoms with Gasteiger partial charge in [-0.15, -0.1) is 0 Å². The van der Waals surface area contributed by atoms with Gasteiger partial charge in [-0.05, 0) is 84.1 Å². The van der Waals surface area contributed by atoms with Gasteiger partial charge in [0.25, 0.3) is 0 Å². The Bertz CT molecular complexity index is 820. The highest BCUT2D eigenvalue weighted by Gasteiger charge is 2.20. The summed E-state index contributed by atoms with van der Waals surface area (Å²) < 4.78 is 27.6. The highest BCUT2D eigenvalue weighted by atomic mass is 16.6. The zero-order valence-electron chi connectivity index (χ0n) is 27.4. The topological polar surface area (TPSA) is 116 Å². The van der Waals surface area contributed by atoms with Crippen LogP contribution in [0.1, 0.15) is 84.1 Å². The maximum absolute atomic E-state index is 13.3. The lowest BCUT2D eigenvalue weighted by Crippen LogP contribution is -2.47. The highest BCUT2D eigenvalue weighted by Crippen LogP contribution is 2.08. The Morgan fingerprint density at radius 1 is 0.791 bits per heavy atom. The predicted molar refractivity (Wildman–Crippen MR) is 170 cm³/mol. The fourth-order valence-electron chi connectivity index (χ4n) is 4.26. The van der Waals surface area contributed by atoms with Gasteiger partial charge in [-0.25, -0.2) is 4.79 Å². The average molecular weight is 610 g/mol. The van der Waals surface area contributed by atoms with Crippen molar-refractivity contribution in [3.63, 3.8) is 0 Å². The minimum Gasteiger partial charge on any atom is -0.444 e. The van der Waals surface area contributed by atoms with Crippen LogP contribution < -0.4 is 16.0 Å². The third kappa shape index (κ3) is 22.9. The van der Waals surface area contributed by atoms with Crippen LogP contribution in [0.3, 0.4) is 0 Å². The Labute approximate surface area is 260 Å². The van der Waals surface area contributed by atoms with Crippen molar-refractivity contribution in [1.29, 1.82) is 0 Å². The van der Waals surface area contributed by atoms with E-state index in [1.54, 1.807) is 14.2 Å². The summed E-state index contributed by atoms with van der Waals surface area (Å²) >= 11 is 0. The van der Waals surface area contributed by atoms with Gasteiger partial charge >= 0.3 is 6.09 Å². The molecule has 0 spiro atoms. The van der Waals surface area contributed by atoms with E-state index in [1.807, 2.05) is 51.1 Å².